The van der Waals surface area contributed by atoms with Gasteiger partial charge in [0.2, 0.25) is 5.91 Å². The van der Waals surface area contributed by atoms with Gasteiger partial charge in [0.25, 0.3) is 0 Å². The highest BCUT2D eigenvalue weighted by Crippen LogP contribution is 2.21. The highest BCUT2D eigenvalue weighted by Gasteiger charge is 2.10. The summed E-state index contributed by atoms with van der Waals surface area (Å²) in [4.78, 5) is 21.1. The van der Waals surface area contributed by atoms with E-state index in [-0.39, 0.29) is 12.3 Å². The molecule has 4 aromatic rings. The van der Waals surface area contributed by atoms with E-state index in [0.29, 0.717) is 6.54 Å². The van der Waals surface area contributed by atoms with Gasteiger partial charge in [0.15, 0.2) is 5.13 Å². The Labute approximate surface area is 146 Å². The lowest BCUT2D eigenvalue weighted by Crippen LogP contribution is -2.24. The summed E-state index contributed by atoms with van der Waals surface area (Å²) in [5.41, 5.74) is 1.76. The molecule has 120 valence electrons. The summed E-state index contributed by atoms with van der Waals surface area (Å²) in [6.07, 6.45) is 4.16. The molecule has 0 radical (unpaired) electrons. The highest BCUT2D eigenvalue weighted by atomic mass is 32.1. The summed E-state index contributed by atoms with van der Waals surface area (Å²) in [6.45, 7) is 0.451. The number of benzene rings is 1. The number of hydrogen-bond donors (Lipinski definition) is 1. The molecule has 1 aromatic carbocycles. The fraction of sp³-hybridized carbons (Fsp3) is 0.118. The average molecular weight is 354 g/mol. The largest absolute Gasteiger partial charge is 0.349 e. The molecule has 0 atom stereocenters. The number of amides is 1. The first-order chi connectivity index (χ1) is 11.8. The standard InChI is InChI=1S/C17H14N4OS2/c22-15(9-12-11-23-17(19-12)21-7-3-4-8-21)18-10-16-20-13-5-1-2-6-14(13)24-16/h1-8,11H,9-10H2,(H,18,22). The van der Waals surface area contributed by atoms with Crippen molar-refractivity contribution in [3.63, 3.8) is 0 Å². The van der Waals surface area contributed by atoms with Crippen molar-refractivity contribution in [2.24, 2.45) is 0 Å². The Kier molecular flexibility index (Phi) is 4.10. The molecule has 1 amide bonds. The minimum atomic E-state index is -0.0430. The van der Waals surface area contributed by atoms with Crippen LogP contribution in [0, 0.1) is 0 Å². The molecule has 7 heteroatoms. The summed E-state index contributed by atoms with van der Waals surface area (Å²) < 4.78 is 3.07. The van der Waals surface area contributed by atoms with Crippen molar-refractivity contribution in [3.8, 4) is 5.13 Å². The molecule has 0 aliphatic rings. The van der Waals surface area contributed by atoms with Gasteiger partial charge in [0, 0.05) is 17.8 Å². The van der Waals surface area contributed by atoms with Crippen LogP contribution in [0.25, 0.3) is 15.3 Å². The van der Waals surface area contributed by atoms with E-state index < -0.39 is 0 Å². The minimum Gasteiger partial charge on any atom is -0.349 e. The molecule has 0 unspecified atom stereocenters. The van der Waals surface area contributed by atoms with Gasteiger partial charge in [-0.2, -0.15) is 0 Å². The summed E-state index contributed by atoms with van der Waals surface area (Å²) >= 11 is 3.13. The fourth-order valence-corrected chi connectivity index (χ4v) is 4.05. The van der Waals surface area contributed by atoms with Gasteiger partial charge in [-0.3, -0.25) is 4.79 Å². The molecular weight excluding hydrogens is 340 g/mol. The molecule has 0 saturated heterocycles. The lowest BCUT2D eigenvalue weighted by Gasteiger charge is -2.01. The van der Waals surface area contributed by atoms with E-state index in [2.05, 4.69) is 15.3 Å². The average Bonchev–Trinajstić information content (AvgIpc) is 3.32. The van der Waals surface area contributed by atoms with Gasteiger partial charge in [-0.25, -0.2) is 9.97 Å². The molecule has 3 heterocycles. The van der Waals surface area contributed by atoms with Crippen molar-refractivity contribution in [2.75, 3.05) is 0 Å². The molecule has 0 spiro atoms. The molecule has 0 fully saturated rings. The van der Waals surface area contributed by atoms with Crippen molar-refractivity contribution >= 4 is 38.8 Å². The molecular formula is C17H14N4OS2. The minimum absolute atomic E-state index is 0.0430. The SMILES string of the molecule is O=C(Cc1csc(-n2cccc2)n1)NCc1nc2ccccc2s1. The van der Waals surface area contributed by atoms with E-state index in [1.54, 1.807) is 11.3 Å². The number of nitrogens with zero attached hydrogens (tertiary/aromatic N) is 3. The third-order valence-corrected chi connectivity index (χ3v) is 5.42. The normalized spacial score (nSPS) is 11.0. The number of carbonyl (C=O) groups excluding carboxylic acids is 1. The van der Waals surface area contributed by atoms with Crippen molar-refractivity contribution in [2.45, 2.75) is 13.0 Å². The smallest absolute Gasteiger partial charge is 0.226 e. The molecule has 0 aliphatic heterocycles. The summed E-state index contributed by atoms with van der Waals surface area (Å²) in [5.74, 6) is -0.0430. The molecule has 4 rings (SSSR count). The zero-order chi connectivity index (χ0) is 16.4. The van der Waals surface area contributed by atoms with Gasteiger partial charge in [-0.15, -0.1) is 22.7 Å². The first kappa shape index (κ1) is 15.0. The summed E-state index contributed by atoms with van der Waals surface area (Å²) in [6, 6.07) is 11.9. The quantitative estimate of drug-likeness (QED) is 0.597. The molecule has 0 bridgehead atoms. The van der Waals surface area contributed by atoms with Crippen LogP contribution >= 0.6 is 22.7 Å². The number of fused-ring (bicyclic) bond motifs is 1. The second-order valence-corrected chi connectivity index (χ2v) is 7.19. The molecule has 1 N–H and O–H groups in total. The van der Waals surface area contributed by atoms with Crippen LogP contribution < -0.4 is 5.32 Å². The lowest BCUT2D eigenvalue weighted by molar-refractivity contribution is -0.120. The van der Waals surface area contributed by atoms with Gasteiger partial charge < -0.3 is 9.88 Å². The van der Waals surface area contributed by atoms with Crippen LogP contribution in [0.1, 0.15) is 10.7 Å². The topological polar surface area (TPSA) is 59.8 Å². The van der Waals surface area contributed by atoms with Crippen LogP contribution in [0.15, 0.2) is 54.2 Å². The predicted octanol–water partition coefficient (Wildman–Crippen LogP) is 3.40. The Bertz CT molecular complexity index is 938. The number of thiazole rings is 2. The van der Waals surface area contributed by atoms with Crippen LogP contribution in [0.2, 0.25) is 0 Å². The van der Waals surface area contributed by atoms with Crippen LogP contribution in [-0.4, -0.2) is 20.4 Å². The third-order valence-electron chi connectivity index (χ3n) is 3.48. The molecule has 24 heavy (non-hydrogen) atoms. The maximum atomic E-state index is 12.1. The molecule has 3 aromatic heterocycles. The van der Waals surface area contributed by atoms with E-state index in [9.17, 15) is 4.79 Å². The Balaban J connectivity index is 1.36. The maximum Gasteiger partial charge on any atom is 0.226 e. The number of aromatic nitrogens is 3. The van der Waals surface area contributed by atoms with Gasteiger partial charge in [0.1, 0.15) is 5.01 Å². The number of carbonyl (C=O) groups is 1. The second-order valence-electron chi connectivity index (χ2n) is 5.24. The van der Waals surface area contributed by atoms with Crippen LogP contribution in [-0.2, 0) is 17.8 Å². The first-order valence-corrected chi connectivity index (χ1v) is 9.16. The Morgan fingerprint density at radius 2 is 1.96 bits per heavy atom. The van der Waals surface area contributed by atoms with E-state index in [0.717, 1.165) is 26.0 Å². The molecule has 0 saturated carbocycles. The Hall–Kier alpha value is -2.51. The van der Waals surface area contributed by atoms with Crippen LogP contribution in [0.4, 0.5) is 0 Å². The van der Waals surface area contributed by atoms with Crippen LogP contribution in [0.3, 0.4) is 0 Å². The molecule has 5 nitrogen and oxygen atoms in total. The van der Waals surface area contributed by atoms with Crippen molar-refractivity contribution in [1.82, 2.24) is 19.9 Å². The van der Waals surface area contributed by atoms with Crippen LogP contribution in [0.5, 0.6) is 0 Å². The highest BCUT2D eigenvalue weighted by molar-refractivity contribution is 7.18. The zero-order valence-corrected chi connectivity index (χ0v) is 14.3. The third kappa shape index (κ3) is 3.22. The van der Waals surface area contributed by atoms with Crippen molar-refractivity contribution < 1.29 is 4.79 Å². The van der Waals surface area contributed by atoms with Gasteiger partial charge in [-0.05, 0) is 24.3 Å². The Morgan fingerprint density at radius 3 is 2.79 bits per heavy atom. The molecule has 0 aliphatic carbocycles. The number of para-hydroxylation sites is 1. The fourth-order valence-electron chi connectivity index (χ4n) is 2.35. The lowest BCUT2D eigenvalue weighted by atomic mass is 10.3. The Morgan fingerprint density at radius 1 is 1.12 bits per heavy atom. The maximum absolute atomic E-state index is 12.1. The first-order valence-electron chi connectivity index (χ1n) is 7.47. The van der Waals surface area contributed by atoms with E-state index in [1.165, 1.54) is 11.3 Å². The van der Waals surface area contributed by atoms with Gasteiger partial charge in [0.05, 0.1) is 28.9 Å². The summed E-state index contributed by atoms with van der Waals surface area (Å²) in [7, 11) is 0. The van der Waals surface area contributed by atoms with Gasteiger partial charge >= 0.3 is 0 Å². The zero-order valence-electron chi connectivity index (χ0n) is 12.7. The summed E-state index contributed by atoms with van der Waals surface area (Å²) in [5, 5.41) is 6.62. The number of hydrogen-bond acceptors (Lipinski definition) is 5. The van der Waals surface area contributed by atoms with Crippen molar-refractivity contribution in [3.05, 3.63) is 64.9 Å². The van der Waals surface area contributed by atoms with Crippen molar-refractivity contribution in [1.29, 1.82) is 0 Å². The second kappa shape index (κ2) is 6.54. The van der Waals surface area contributed by atoms with E-state index in [4.69, 9.17) is 0 Å². The number of rotatable bonds is 5. The monoisotopic (exact) mass is 354 g/mol. The predicted molar refractivity (Wildman–Crippen MR) is 96.6 cm³/mol. The van der Waals surface area contributed by atoms with Gasteiger partial charge in [-0.1, -0.05) is 12.1 Å². The van der Waals surface area contributed by atoms with E-state index in [1.807, 2.05) is 58.7 Å². The van der Waals surface area contributed by atoms with E-state index >= 15 is 0 Å². The number of nitrogens with one attached hydrogen (secondary N) is 1.